The predicted molar refractivity (Wildman–Crippen MR) is 201 cm³/mol. The Morgan fingerprint density at radius 2 is 0.857 bits per heavy atom. The lowest BCUT2D eigenvalue weighted by Gasteiger charge is -2.12. The molecule has 0 fully saturated rings. The molecule has 4 aromatic heterocycles. The van der Waals surface area contributed by atoms with Crippen molar-refractivity contribution in [3.63, 3.8) is 0 Å². The van der Waals surface area contributed by atoms with Crippen LogP contribution in [0, 0.1) is 0 Å². The molecule has 49 heavy (non-hydrogen) atoms. The number of aromatic nitrogens is 3. The van der Waals surface area contributed by atoms with E-state index in [2.05, 4.69) is 97.1 Å². The summed E-state index contributed by atoms with van der Waals surface area (Å²) in [7, 11) is 0. The third kappa shape index (κ3) is 3.89. The maximum Gasteiger partial charge on any atom is 0.164 e. The average Bonchev–Trinajstić information content (AvgIpc) is 3.85. The van der Waals surface area contributed by atoms with E-state index in [1.807, 2.05) is 42.5 Å². The second-order valence-corrected chi connectivity index (χ2v) is 13.4. The fourth-order valence-corrected chi connectivity index (χ4v) is 8.57. The zero-order valence-electron chi connectivity index (χ0n) is 25.8. The van der Waals surface area contributed by atoms with Crippen molar-refractivity contribution in [1.29, 1.82) is 0 Å². The van der Waals surface area contributed by atoms with Gasteiger partial charge in [-0.3, -0.25) is 0 Å². The van der Waals surface area contributed by atoms with E-state index in [1.165, 1.54) is 14.8 Å². The van der Waals surface area contributed by atoms with Gasteiger partial charge in [0.1, 0.15) is 22.3 Å². The molecule has 0 unspecified atom stereocenters. The highest BCUT2D eigenvalue weighted by molar-refractivity contribution is 7.25. The minimum absolute atomic E-state index is 0.583. The van der Waals surface area contributed by atoms with Gasteiger partial charge in [0, 0.05) is 58.4 Å². The highest BCUT2D eigenvalue weighted by atomic mass is 32.1. The first-order valence-corrected chi connectivity index (χ1v) is 17.0. The zero-order valence-corrected chi connectivity index (χ0v) is 26.7. The SMILES string of the molecule is c1ccc2c(c1)oc1cccc(-c3nc(-c4cc5oc6ccccc6c5c5ccccc45)nc(-c4cccc5sc6ccccc6c45)n3)c12. The van der Waals surface area contributed by atoms with Gasteiger partial charge in [-0.25, -0.2) is 15.0 Å². The van der Waals surface area contributed by atoms with E-state index >= 15 is 0 Å². The quantitative estimate of drug-likeness (QED) is 0.191. The Balaban J connectivity index is 1.26. The molecule has 0 atom stereocenters. The number of para-hydroxylation sites is 2. The van der Waals surface area contributed by atoms with Crippen molar-refractivity contribution in [2.24, 2.45) is 0 Å². The van der Waals surface area contributed by atoms with E-state index in [0.29, 0.717) is 17.5 Å². The van der Waals surface area contributed by atoms with Crippen molar-refractivity contribution in [1.82, 2.24) is 15.0 Å². The molecule has 0 aliphatic heterocycles. The highest BCUT2D eigenvalue weighted by Crippen LogP contribution is 2.43. The van der Waals surface area contributed by atoms with Gasteiger partial charge in [0.25, 0.3) is 0 Å². The molecular weight excluding hydrogens is 623 g/mol. The Morgan fingerprint density at radius 1 is 0.347 bits per heavy atom. The summed E-state index contributed by atoms with van der Waals surface area (Å²) in [5.41, 5.74) is 6.02. The van der Waals surface area contributed by atoms with Crippen LogP contribution in [0.3, 0.4) is 0 Å². The molecule has 0 saturated heterocycles. The second-order valence-electron chi connectivity index (χ2n) is 12.3. The molecule has 0 spiro atoms. The molecule has 0 radical (unpaired) electrons. The molecule has 0 saturated carbocycles. The van der Waals surface area contributed by atoms with Crippen LogP contribution >= 0.6 is 11.3 Å². The Kier molecular flexibility index (Phi) is 5.48. The summed E-state index contributed by atoms with van der Waals surface area (Å²) in [4.78, 5) is 15.8. The highest BCUT2D eigenvalue weighted by Gasteiger charge is 2.22. The van der Waals surface area contributed by atoms with E-state index in [1.54, 1.807) is 11.3 Å². The van der Waals surface area contributed by atoms with Gasteiger partial charge in [-0.1, -0.05) is 103 Å². The second kappa shape index (κ2) is 10.1. The minimum Gasteiger partial charge on any atom is -0.456 e. The van der Waals surface area contributed by atoms with Gasteiger partial charge >= 0.3 is 0 Å². The summed E-state index contributed by atoms with van der Waals surface area (Å²) in [6.07, 6.45) is 0. The third-order valence-corrected chi connectivity index (χ3v) is 10.7. The molecule has 228 valence electrons. The Morgan fingerprint density at radius 3 is 1.61 bits per heavy atom. The van der Waals surface area contributed by atoms with E-state index in [9.17, 15) is 0 Å². The van der Waals surface area contributed by atoms with Crippen LogP contribution in [-0.4, -0.2) is 15.0 Å². The molecule has 5 nitrogen and oxygen atoms in total. The van der Waals surface area contributed by atoms with Gasteiger partial charge in [0.15, 0.2) is 17.5 Å². The first-order valence-electron chi connectivity index (χ1n) is 16.2. The predicted octanol–water partition coefficient (Wildman–Crippen LogP) is 12.2. The van der Waals surface area contributed by atoms with Crippen LogP contribution in [0.25, 0.3) is 109 Å². The van der Waals surface area contributed by atoms with E-state index < -0.39 is 0 Å². The number of hydrogen-bond donors (Lipinski definition) is 0. The number of thiophene rings is 1. The molecule has 11 aromatic rings. The lowest BCUT2D eigenvalue weighted by molar-refractivity contribution is 0.669. The van der Waals surface area contributed by atoms with Gasteiger partial charge in [-0.2, -0.15) is 0 Å². The van der Waals surface area contributed by atoms with Crippen molar-refractivity contribution in [3.05, 3.63) is 140 Å². The minimum atomic E-state index is 0.583. The number of hydrogen-bond acceptors (Lipinski definition) is 6. The molecule has 0 aliphatic carbocycles. The van der Waals surface area contributed by atoms with Crippen molar-refractivity contribution in [2.45, 2.75) is 0 Å². The monoisotopic (exact) mass is 645 g/mol. The van der Waals surface area contributed by atoms with E-state index in [4.69, 9.17) is 23.8 Å². The number of furan rings is 2. The van der Waals surface area contributed by atoms with Crippen LogP contribution in [0.5, 0.6) is 0 Å². The zero-order chi connectivity index (χ0) is 32.1. The summed E-state index contributed by atoms with van der Waals surface area (Å²) in [6.45, 7) is 0. The van der Waals surface area contributed by atoms with Crippen molar-refractivity contribution >= 4 is 86.2 Å². The molecule has 0 bridgehead atoms. The molecule has 0 aliphatic rings. The smallest absolute Gasteiger partial charge is 0.164 e. The molecular formula is C43H23N3O2S. The maximum absolute atomic E-state index is 6.46. The topological polar surface area (TPSA) is 65.0 Å². The summed E-state index contributed by atoms with van der Waals surface area (Å²) in [5.74, 6) is 1.79. The Bertz CT molecular complexity index is 3000. The van der Waals surface area contributed by atoms with Crippen molar-refractivity contribution < 1.29 is 8.83 Å². The summed E-state index contributed by atoms with van der Waals surface area (Å²) in [6, 6.07) is 47.9. The standard InChI is InChI=1S/C43H23N3O2S/c1-2-12-25-24(11-1)31(23-35-38(25)26-13-3-7-19-33(26)48-35)43-45-41(29-16-9-20-34-39(29)27-14-4-6-18-32(27)47-34)44-42(46-43)30-17-10-22-37-40(30)28-15-5-8-21-36(28)49-37/h1-23H. The third-order valence-electron chi connectivity index (χ3n) is 9.55. The number of benzene rings is 7. The molecule has 11 rings (SSSR count). The number of rotatable bonds is 3. The van der Waals surface area contributed by atoms with Crippen LogP contribution in [0.2, 0.25) is 0 Å². The van der Waals surface area contributed by atoms with Gasteiger partial charge in [0.2, 0.25) is 0 Å². The molecule has 7 aromatic carbocycles. The fourth-order valence-electron chi connectivity index (χ4n) is 7.43. The molecule has 4 heterocycles. The lowest BCUT2D eigenvalue weighted by atomic mass is 9.98. The van der Waals surface area contributed by atoms with Crippen LogP contribution < -0.4 is 0 Å². The molecule has 0 N–H and O–H groups in total. The van der Waals surface area contributed by atoms with E-state index in [-0.39, 0.29) is 0 Å². The molecule has 0 amide bonds. The maximum atomic E-state index is 6.46. The van der Waals surface area contributed by atoms with Crippen molar-refractivity contribution in [3.8, 4) is 34.2 Å². The largest absolute Gasteiger partial charge is 0.456 e. The van der Waals surface area contributed by atoms with Crippen LogP contribution in [0.4, 0.5) is 0 Å². The first kappa shape index (κ1) is 26.7. The average molecular weight is 646 g/mol. The van der Waals surface area contributed by atoms with Crippen LogP contribution in [0.1, 0.15) is 0 Å². The Hall–Kier alpha value is -6.37. The van der Waals surface area contributed by atoms with Crippen LogP contribution in [0.15, 0.2) is 148 Å². The first-order chi connectivity index (χ1) is 24.3. The lowest BCUT2D eigenvalue weighted by Crippen LogP contribution is -2.01. The van der Waals surface area contributed by atoms with E-state index in [0.717, 1.165) is 76.7 Å². The fraction of sp³-hybridized carbons (Fsp3) is 0. The molecule has 6 heteroatoms. The summed E-state index contributed by atoms with van der Waals surface area (Å²) >= 11 is 1.79. The van der Waals surface area contributed by atoms with Crippen molar-refractivity contribution in [2.75, 3.05) is 0 Å². The number of fused-ring (bicyclic) bond motifs is 11. The summed E-state index contributed by atoms with van der Waals surface area (Å²) < 4.78 is 15.2. The van der Waals surface area contributed by atoms with Gasteiger partial charge < -0.3 is 8.83 Å². The van der Waals surface area contributed by atoms with Gasteiger partial charge in [0.05, 0.1) is 0 Å². The normalized spacial score (nSPS) is 12.1. The van der Waals surface area contributed by atoms with Crippen LogP contribution in [-0.2, 0) is 0 Å². The van der Waals surface area contributed by atoms with Gasteiger partial charge in [-0.15, -0.1) is 11.3 Å². The van der Waals surface area contributed by atoms with Gasteiger partial charge in [-0.05, 0) is 47.2 Å². The number of nitrogens with zero attached hydrogens (tertiary/aromatic N) is 3. The Labute approximate surface area is 282 Å². The summed E-state index contributed by atoms with van der Waals surface area (Å²) in [5, 5.41) is 8.68.